The van der Waals surface area contributed by atoms with Crippen molar-refractivity contribution in [2.24, 2.45) is 0 Å². The predicted molar refractivity (Wildman–Crippen MR) is 81.6 cm³/mol. The molecule has 3 heterocycles. The maximum atomic E-state index is 12.6. The van der Waals surface area contributed by atoms with Gasteiger partial charge in [-0.1, -0.05) is 6.92 Å². The van der Waals surface area contributed by atoms with E-state index in [1.165, 1.54) is 0 Å². The summed E-state index contributed by atoms with van der Waals surface area (Å²) in [6, 6.07) is 3.59. The lowest BCUT2D eigenvalue weighted by Crippen LogP contribution is -2.50. The van der Waals surface area contributed by atoms with Gasteiger partial charge in [-0.25, -0.2) is 0 Å². The van der Waals surface area contributed by atoms with Crippen molar-refractivity contribution in [1.29, 1.82) is 0 Å². The van der Waals surface area contributed by atoms with Gasteiger partial charge in [-0.3, -0.25) is 14.1 Å². The van der Waals surface area contributed by atoms with Crippen LogP contribution in [0.3, 0.4) is 0 Å². The Morgan fingerprint density at radius 1 is 1.32 bits per heavy atom. The Kier molecular flexibility index (Phi) is 4.35. The molecule has 0 aliphatic carbocycles. The number of nitrogens with zero attached hydrogens (tertiary/aromatic N) is 5. The average molecular weight is 303 g/mol. The molecule has 0 saturated carbocycles. The Morgan fingerprint density at radius 2 is 2.09 bits per heavy atom. The van der Waals surface area contributed by atoms with Gasteiger partial charge in [0.15, 0.2) is 5.65 Å². The summed E-state index contributed by atoms with van der Waals surface area (Å²) >= 11 is 0. The molecule has 7 nitrogen and oxygen atoms in total. The number of rotatable bonds is 4. The second-order valence-corrected chi connectivity index (χ2v) is 5.67. The summed E-state index contributed by atoms with van der Waals surface area (Å²) in [7, 11) is 0. The van der Waals surface area contributed by atoms with Gasteiger partial charge in [-0.05, 0) is 18.6 Å². The number of carbonyl (C=O) groups excluding carboxylic acids is 1. The van der Waals surface area contributed by atoms with Crippen molar-refractivity contribution < 1.29 is 9.90 Å². The number of aliphatic hydroxyl groups excluding tert-OH is 1. The lowest BCUT2D eigenvalue weighted by molar-refractivity contribution is 0.0523. The van der Waals surface area contributed by atoms with Crippen LogP contribution in [0.1, 0.15) is 23.7 Å². The van der Waals surface area contributed by atoms with E-state index >= 15 is 0 Å². The van der Waals surface area contributed by atoms with E-state index < -0.39 is 0 Å². The standard InChI is InChI=1S/C15H21N5O2/c1-2-13(21)10-18-5-7-19(8-6-18)15(22)12-3-4-14-17-16-11-20(14)9-12/h3-4,9,11,13,21H,2,5-8,10H2,1H3. The minimum Gasteiger partial charge on any atom is -0.392 e. The van der Waals surface area contributed by atoms with Crippen LogP contribution in [0.4, 0.5) is 0 Å². The molecule has 1 amide bonds. The van der Waals surface area contributed by atoms with E-state index in [2.05, 4.69) is 15.1 Å². The van der Waals surface area contributed by atoms with Crippen LogP contribution < -0.4 is 0 Å². The summed E-state index contributed by atoms with van der Waals surface area (Å²) < 4.78 is 1.75. The van der Waals surface area contributed by atoms with E-state index in [1.54, 1.807) is 29.1 Å². The number of β-amino-alcohol motifs (C(OH)–C–C–N with tert-alkyl or cyclic N) is 1. The Bertz CT molecular complexity index is 648. The number of aliphatic hydroxyl groups is 1. The third-order valence-electron chi connectivity index (χ3n) is 4.14. The lowest BCUT2D eigenvalue weighted by atomic mass is 10.2. The van der Waals surface area contributed by atoms with E-state index in [4.69, 9.17) is 0 Å². The lowest BCUT2D eigenvalue weighted by Gasteiger charge is -2.35. The van der Waals surface area contributed by atoms with E-state index in [-0.39, 0.29) is 12.0 Å². The summed E-state index contributed by atoms with van der Waals surface area (Å²) in [5, 5.41) is 17.5. The van der Waals surface area contributed by atoms with Crippen LogP contribution in [-0.4, -0.2) is 74.2 Å². The Morgan fingerprint density at radius 3 is 2.82 bits per heavy atom. The molecular formula is C15H21N5O2. The molecule has 2 aromatic rings. The molecule has 2 aromatic heterocycles. The smallest absolute Gasteiger partial charge is 0.255 e. The molecule has 1 N–H and O–H groups in total. The molecule has 0 bridgehead atoms. The van der Waals surface area contributed by atoms with Crippen LogP contribution in [0.15, 0.2) is 24.7 Å². The molecule has 1 atom stereocenters. The van der Waals surface area contributed by atoms with Crippen molar-refractivity contribution in [3.63, 3.8) is 0 Å². The first-order valence-corrected chi connectivity index (χ1v) is 7.66. The second-order valence-electron chi connectivity index (χ2n) is 5.67. The average Bonchev–Trinajstić information content (AvgIpc) is 3.02. The van der Waals surface area contributed by atoms with Crippen molar-refractivity contribution in [2.75, 3.05) is 32.7 Å². The van der Waals surface area contributed by atoms with E-state index in [0.29, 0.717) is 25.2 Å². The summed E-state index contributed by atoms with van der Waals surface area (Å²) in [5.41, 5.74) is 1.38. The fourth-order valence-electron chi connectivity index (χ4n) is 2.70. The van der Waals surface area contributed by atoms with Gasteiger partial charge < -0.3 is 10.0 Å². The van der Waals surface area contributed by atoms with Gasteiger partial charge in [0.1, 0.15) is 6.33 Å². The maximum absolute atomic E-state index is 12.6. The number of aromatic nitrogens is 3. The predicted octanol–water partition coefficient (Wildman–Crippen LogP) is 0.258. The van der Waals surface area contributed by atoms with Gasteiger partial charge in [0.25, 0.3) is 5.91 Å². The molecule has 7 heteroatoms. The zero-order valence-corrected chi connectivity index (χ0v) is 12.7. The molecule has 1 aliphatic rings. The first-order chi connectivity index (χ1) is 10.7. The van der Waals surface area contributed by atoms with Crippen molar-refractivity contribution in [1.82, 2.24) is 24.4 Å². The van der Waals surface area contributed by atoms with Gasteiger partial charge in [-0.2, -0.15) is 0 Å². The first kappa shape index (κ1) is 14.9. The van der Waals surface area contributed by atoms with Crippen LogP contribution in [0, 0.1) is 0 Å². The third-order valence-corrected chi connectivity index (χ3v) is 4.14. The second kappa shape index (κ2) is 6.41. The molecule has 22 heavy (non-hydrogen) atoms. The first-order valence-electron chi connectivity index (χ1n) is 7.66. The van der Waals surface area contributed by atoms with E-state index in [1.807, 2.05) is 11.8 Å². The molecule has 1 fully saturated rings. The van der Waals surface area contributed by atoms with Gasteiger partial charge in [-0.15, -0.1) is 10.2 Å². The van der Waals surface area contributed by atoms with Crippen molar-refractivity contribution in [3.8, 4) is 0 Å². The van der Waals surface area contributed by atoms with Crippen molar-refractivity contribution in [2.45, 2.75) is 19.4 Å². The third kappa shape index (κ3) is 3.10. The highest BCUT2D eigenvalue weighted by Crippen LogP contribution is 2.11. The van der Waals surface area contributed by atoms with Crippen LogP contribution in [-0.2, 0) is 0 Å². The zero-order valence-electron chi connectivity index (χ0n) is 12.7. The number of pyridine rings is 1. The largest absolute Gasteiger partial charge is 0.392 e. The number of piperazine rings is 1. The van der Waals surface area contributed by atoms with Crippen LogP contribution in [0.2, 0.25) is 0 Å². The molecule has 1 aliphatic heterocycles. The Labute approximate surface area is 129 Å². The molecule has 118 valence electrons. The van der Waals surface area contributed by atoms with Crippen LogP contribution in [0.25, 0.3) is 5.65 Å². The highest BCUT2D eigenvalue weighted by Gasteiger charge is 2.23. The molecule has 0 radical (unpaired) electrons. The Hall–Kier alpha value is -1.99. The Balaban J connectivity index is 1.61. The number of hydrogen-bond acceptors (Lipinski definition) is 5. The highest BCUT2D eigenvalue weighted by molar-refractivity contribution is 5.94. The van der Waals surface area contributed by atoms with Gasteiger partial charge in [0.2, 0.25) is 0 Å². The molecule has 0 aromatic carbocycles. The molecule has 1 saturated heterocycles. The minimum absolute atomic E-state index is 0.0336. The maximum Gasteiger partial charge on any atom is 0.255 e. The van der Waals surface area contributed by atoms with E-state index in [9.17, 15) is 9.90 Å². The molecule has 0 spiro atoms. The number of amides is 1. The van der Waals surface area contributed by atoms with Crippen molar-refractivity contribution in [3.05, 3.63) is 30.2 Å². The van der Waals surface area contributed by atoms with Crippen LogP contribution in [0.5, 0.6) is 0 Å². The number of hydrogen-bond donors (Lipinski definition) is 1. The number of carbonyl (C=O) groups is 1. The summed E-state index contributed by atoms with van der Waals surface area (Å²) in [6.45, 7) is 5.65. The van der Waals surface area contributed by atoms with Crippen LogP contribution >= 0.6 is 0 Å². The quantitative estimate of drug-likeness (QED) is 0.877. The number of fused-ring (bicyclic) bond motifs is 1. The monoisotopic (exact) mass is 303 g/mol. The molecular weight excluding hydrogens is 282 g/mol. The van der Waals surface area contributed by atoms with Gasteiger partial charge >= 0.3 is 0 Å². The zero-order chi connectivity index (χ0) is 15.5. The summed E-state index contributed by atoms with van der Waals surface area (Å²) in [6.07, 6.45) is 3.84. The molecule has 1 unspecified atom stereocenters. The van der Waals surface area contributed by atoms with Gasteiger partial charge in [0.05, 0.1) is 11.7 Å². The SMILES string of the molecule is CCC(O)CN1CCN(C(=O)c2ccc3nncn3c2)CC1. The minimum atomic E-state index is -0.279. The van der Waals surface area contributed by atoms with Gasteiger partial charge in [0, 0.05) is 38.9 Å². The fraction of sp³-hybridized carbons (Fsp3) is 0.533. The van der Waals surface area contributed by atoms with Crippen molar-refractivity contribution >= 4 is 11.6 Å². The highest BCUT2D eigenvalue weighted by atomic mass is 16.3. The topological polar surface area (TPSA) is 74.0 Å². The summed E-state index contributed by atoms with van der Waals surface area (Å²) in [4.78, 5) is 16.6. The summed E-state index contributed by atoms with van der Waals surface area (Å²) in [5.74, 6) is 0.0336. The normalized spacial score (nSPS) is 17.8. The van der Waals surface area contributed by atoms with E-state index in [0.717, 1.165) is 25.2 Å². The fourth-order valence-corrected chi connectivity index (χ4v) is 2.70. The molecule has 3 rings (SSSR count).